The Kier molecular flexibility index (Phi) is 7.45. The predicted molar refractivity (Wildman–Crippen MR) is 108 cm³/mol. The third kappa shape index (κ3) is 5.76. The monoisotopic (exact) mass is 409 g/mol. The molecule has 1 N–H and O–H groups in total. The summed E-state index contributed by atoms with van der Waals surface area (Å²) in [6, 6.07) is 8.30. The highest BCUT2D eigenvalue weighted by Gasteiger charge is 2.31. The highest BCUT2D eigenvalue weighted by molar-refractivity contribution is 7.89. The number of sulfonamides is 1. The van der Waals surface area contributed by atoms with Gasteiger partial charge in [0.15, 0.2) is 0 Å². The van der Waals surface area contributed by atoms with Crippen LogP contribution in [-0.4, -0.2) is 68.7 Å². The van der Waals surface area contributed by atoms with Crippen molar-refractivity contribution in [2.24, 2.45) is 5.92 Å². The maximum Gasteiger partial charge on any atom is 0.224 e. The van der Waals surface area contributed by atoms with Gasteiger partial charge in [0.25, 0.3) is 0 Å². The fourth-order valence-corrected chi connectivity index (χ4v) is 4.88. The van der Waals surface area contributed by atoms with E-state index in [-0.39, 0.29) is 17.6 Å². The van der Waals surface area contributed by atoms with E-state index in [9.17, 15) is 13.2 Å². The van der Waals surface area contributed by atoms with Crippen molar-refractivity contribution in [1.82, 2.24) is 14.5 Å². The van der Waals surface area contributed by atoms with Gasteiger partial charge in [0.2, 0.25) is 15.9 Å². The number of carbonyl (C=O) groups is 1. The van der Waals surface area contributed by atoms with Crippen LogP contribution in [0.1, 0.15) is 30.9 Å². The van der Waals surface area contributed by atoms with E-state index in [0.717, 1.165) is 51.3 Å². The number of hydrogen-bond donors (Lipinski definition) is 1. The van der Waals surface area contributed by atoms with E-state index in [1.54, 1.807) is 6.92 Å². The van der Waals surface area contributed by atoms with Crippen molar-refractivity contribution in [1.29, 1.82) is 0 Å². The van der Waals surface area contributed by atoms with Crippen LogP contribution < -0.4 is 5.32 Å². The van der Waals surface area contributed by atoms with Crippen molar-refractivity contribution in [3.8, 4) is 0 Å². The molecule has 0 aliphatic carbocycles. The molecule has 2 saturated heterocycles. The Morgan fingerprint density at radius 2 is 1.82 bits per heavy atom. The average Bonchev–Trinajstić information content (AvgIpc) is 2.74. The van der Waals surface area contributed by atoms with E-state index in [0.29, 0.717) is 19.6 Å². The van der Waals surface area contributed by atoms with E-state index >= 15 is 0 Å². The van der Waals surface area contributed by atoms with Gasteiger partial charge in [-0.3, -0.25) is 9.69 Å². The molecule has 1 aromatic carbocycles. The van der Waals surface area contributed by atoms with Crippen LogP contribution in [-0.2, 0) is 32.6 Å². The quantitative estimate of drug-likeness (QED) is 0.732. The minimum absolute atomic E-state index is 0.0617. The highest BCUT2D eigenvalue weighted by atomic mass is 32.2. The van der Waals surface area contributed by atoms with Crippen LogP contribution in [0.2, 0.25) is 0 Å². The van der Waals surface area contributed by atoms with Crippen molar-refractivity contribution < 1.29 is 17.9 Å². The summed E-state index contributed by atoms with van der Waals surface area (Å²) in [4.78, 5) is 14.9. The van der Waals surface area contributed by atoms with Crippen LogP contribution in [0.25, 0.3) is 0 Å². The Morgan fingerprint density at radius 3 is 2.50 bits per heavy atom. The zero-order chi connectivity index (χ0) is 20.0. The molecule has 7 nitrogen and oxygen atoms in total. The molecule has 1 aromatic rings. The Labute approximate surface area is 168 Å². The van der Waals surface area contributed by atoms with Crippen LogP contribution in [0.15, 0.2) is 24.3 Å². The molecule has 0 unspecified atom stereocenters. The Hall–Kier alpha value is -1.48. The van der Waals surface area contributed by atoms with Crippen LogP contribution >= 0.6 is 0 Å². The molecular formula is C20H31N3O4S. The van der Waals surface area contributed by atoms with Crippen molar-refractivity contribution >= 4 is 15.9 Å². The summed E-state index contributed by atoms with van der Waals surface area (Å²) in [6.45, 7) is 7.35. The topological polar surface area (TPSA) is 79.0 Å². The first-order valence-electron chi connectivity index (χ1n) is 10.1. The summed E-state index contributed by atoms with van der Waals surface area (Å²) < 4.78 is 31.0. The third-order valence-corrected chi connectivity index (χ3v) is 7.36. The molecule has 0 spiro atoms. The normalized spacial score (nSPS) is 22.1. The second-order valence-electron chi connectivity index (χ2n) is 7.52. The van der Waals surface area contributed by atoms with Crippen LogP contribution in [0.4, 0.5) is 0 Å². The number of benzene rings is 1. The molecule has 2 fully saturated rings. The number of hydrogen-bond acceptors (Lipinski definition) is 5. The van der Waals surface area contributed by atoms with Crippen LogP contribution in [0.5, 0.6) is 0 Å². The number of piperidine rings is 1. The van der Waals surface area contributed by atoms with Crippen molar-refractivity contribution in [2.75, 3.05) is 45.1 Å². The zero-order valence-corrected chi connectivity index (χ0v) is 17.4. The first-order valence-corrected chi connectivity index (χ1v) is 11.7. The molecule has 3 rings (SSSR count). The maximum atomic E-state index is 12.5. The second kappa shape index (κ2) is 9.82. The molecule has 2 aliphatic heterocycles. The van der Waals surface area contributed by atoms with Gasteiger partial charge in [-0.05, 0) is 30.9 Å². The Bertz CT molecular complexity index is 745. The van der Waals surface area contributed by atoms with Crippen LogP contribution in [0, 0.1) is 5.92 Å². The average molecular weight is 410 g/mol. The fourth-order valence-electron chi connectivity index (χ4n) is 3.71. The first-order chi connectivity index (χ1) is 13.5. The van der Waals surface area contributed by atoms with E-state index in [1.807, 2.05) is 12.1 Å². The number of nitrogens with zero attached hydrogens (tertiary/aromatic N) is 2. The molecule has 156 valence electrons. The van der Waals surface area contributed by atoms with E-state index in [4.69, 9.17) is 4.74 Å². The van der Waals surface area contributed by atoms with E-state index in [1.165, 1.54) is 9.87 Å². The van der Waals surface area contributed by atoms with Gasteiger partial charge in [0.1, 0.15) is 0 Å². The van der Waals surface area contributed by atoms with Crippen molar-refractivity contribution in [3.63, 3.8) is 0 Å². The second-order valence-corrected chi connectivity index (χ2v) is 9.78. The molecule has 0 saturated carbocycles. The minimum Gasteiger partial charge on any atom is -0.379 e. The molecule has 0 aromatic heterocycles. The summed E-state index contributed by atoms with van der Waals surface area (Å²) in [5, 5.41) is 2.97. The first kappa shape index (κ1) is 21.2. The van der Waals surface area contributed by atoms with Gasteiger partial charge in [-0.25, -0.2) is 12.7 Å². The number of amides is 1. The van der Waals surface area contributed by atoms with E-state index in [2.05, 4.69) is 22.3 Å². The summed E-state index contributed by atoms with van der Waals surface area (Å²) in [5.41, 5.74) is 2.30. The van der Waals surface area contributed by atoms with Gasteiger partial charge in [-0.1, -0.05) is 24.3 Å². The lowest BCUT2D eigenvalue weighted by Crippen LogP contribution is -2.45. The lowest BCUT2D eigenvalue weighted by molar-refractivity contribution is -0.126. The molecule has 2 heterocycles. The molecule has 1 atom stereocenters. The predicted octanol–water partition coefficient (Wildman–Crippen LogP) is 1.20. The molecule has 8 heteroatoms. The van der Waals surface area contributed by atoms with E-state index < -0.39 is 10.0 Å². The minimum atomic E-state index is -3.23. The summed E-state index contributed by atoms with van der Waals surface area (Å²) in [6.07, 6.45) is 1.47. The molecular weight excluding hydrogens is 378 g/mol. The Balaban J connectivity index is 1.47. The van der Waals surface area contributed by atoms with Gasteiger partial charge >= 0.3 is 0 Å². The lowest BCUT2D eigenvalue weighted by atomic mass is 9.98. The lowest BCUT2D eigenvalue weighted by Gasteiger charge is -2.30. The van der Waals surface area contributed by atoms with Gasteiger partial charge in [0.05, 0.1) is 24.9 Å². The molecule has 0 radical (unpaired) electrons. The zero-order valence-electron chi connectivity index (χ0n) is 16.6. The van der Waals surface area contributed by atoms with Gasteiger partial charge in [-0.2, -0.15) is 0 Å². The largest absolute Gasteiger partial charge is 0.379 e. The summed E-state index contributed by atoms with van der Waals surface area (Å²) >= 11 is 0. The molecule has 0 bridgehead atoms. The number of carbonyl (C=O) groups excluding carboxylic acids is 1. The standard InChI is InChI=1S/C20H31N3O4S/c1-2-28(25,26)23-9-3-4-19(16-23)20(24)21-14-17-5-7-18(8-6-17)15-22-10-12-27-13-11-22/h5-8,19H,2-4,9-16H2,1H3,(H,21,24)/t19-/m1/s1. The Morgan fingerprint density at radius 1 is 1.14 bits per heavy atom. The van der Waals surface area contributed by atoms with Gasteiger partial charge < -0.3 is 10.1 Å². The fraction of sp³-hybridized carbons (Fsp3) is 0.650. The van der Waals surface area contributed by atoms with Crippen molar-refractivity contribution in [2.45, 2.75) is 32.9 Å². The number of morpholine rings is 1. The number of rotatable bonds is 7. The smallest absolute Gasteiger partial charge is 0.224 e. The van der Waals surface area contributed by atoms with Gasteiger partial charge in [0, 0.05) is 39.3 Å². The summed E-state index contributed by atoms with van der Waals surface area (Å²) in [7, 11) is -3.23. The summed E-state index contributed by atoms with van der Waals surface area (Å²) in [5.74, 6) is -0.248. The number of nitrogens with one attached hydrogen (secondary N) is 1. The highest BCUT2D eigenvalue weighted by Crippen LogP contribution is 2.20. The third-order valence-electron chi connectivity index (χ3n) is 5.51. The molecule has 1 amide bonds. The number of ether oxygens (including phenoxy) is 1. The van der Waals surface area contributed by atoms with Crippen LogP contribution in [0.3, 0.4) is 0 Å². The maximum absolute atomic E-state index is 12.5. The molecule has 2 aliphatic rings. The SMILES string of the molecule is CCS(=O)(=O)N1CCC[C@@H](C(=O)NCc2ccc(CN3CCOCC3)cc2)C1. The molecule has 28 heavy (non-hydrogen) atoms. The van der Waals surface area contributed by atoms with Gasteiger partial charge in [-0.15, -0.1) is 0 Å². The van der Waals surface area contributed by atoms with Crippen molar-refractivity contribution in [3.05, 3.63) is 35.4 Å².